The van der Waals surface area contributed by atoms with Gasteiger partial charge in [0.15, 0.2) is 0 Å². The van der Waals surface area contributed by atoms with E-state index in [0.717, 1.165) is 44.3 Å². The maximum atomic E-state index is 12.9. The molecule has 2 aliphatic rings. The minimum Gasteiger partial charge on any atom is -0.352 e. The van der Waals surface area contributed by atoms with Gasteiger partial charge in [0.25, 0.3) is 0 Å². The lowest BCUT2D eigenvalue weighted by Crippen LogP contribution is -2.54. The van der Waals surface area contributed by atoms with Crippen molar-refractivity contribution in [1.82, 2.24) is 20.2 Å². The summed E-state index contributed by atoms with van der Waals surface area (Å²) in [6.07, 6.45) is 10.4. The fourth-order valence-electron chi connectivity index (χ4n) is 3.82. The van der Waals surface area contributed by atoms with Gasteiger partial charge in [-0.1, -0.05) is 12.8 Å². The normalized spacial score (nSPS) is 25.1. The molecule has 24 heavy (non-hydrogen) atoms. The van der Waals surface area contributed by atoms with E-state index >= 15 is 0 Å². The van der Waals surface area contributed by atoms with Crippen molar-refractivity contribution in [3.63, 3.8) is 0 Å². The van der Waals surface area contributed by atoms with E-state index in [0.29, 0.717) is 12.0 Å². The van der Waals surface area contributed by atoms with E-state index in [1.54, 1.807) is 0 Å². The molecule has 1 aliphatic carbocycles. The molecular formula is C18H29N5O. The highest BCUT2D eigenvalue weighted by molar-refractivity contribution is 5.86. The lowest BCUT2D eigenvalue weighted by atomic mass is 9.96. The Morgan fingerprint density at radius 2 is 1.96 bits per heavy atom. The summed E-state index contributed by atoms with van der Waals surface area (Å²) in [6, 6.07) is 0.375. The number of amides is 1. The van der Waals surface area contributed by atoms with Gasteiger partial charge in [0, 0.05) is 44.6 Å². The number of nitrogens with zero attached hydrogens (tertiary/aromatic N) is 4. The third-order valence-corrected chi connectivity index (χ3v) is 5.43. The summed E-state index contributed by atoms with van der Waals surface area (Å²) in [4.78, 5) is 25.8. The number of anilines is 1. The van der Waals surface area contributed by atoms with Crippen molar-refractivity contribution in [2.24, 2.45) is 0 Å². The van der Waals surface area contributed by atoms with Crippen molar-refractivity contribution in [2.45, 2.75) is 63.6 Å². The van der Waals surface area contributed by atoms with Crippen molar-refractivity contribution < 1.29 is 4.79 Å². The maximum absolute atomic E-state index is 12.9. The van der Waals surface area contributed by atoms with Crippen LogP contribution in [0.15, 0.2) is 12.4 Å². The van der Waals surface area contributed by atoms with E-state index in [4.69, 9.17) is 0 Å². The molecule has 0 aromatic carbocycles. The first kappa shape index (κ1) is 17.1. The Balaban J connectivity index is 1.66. The fourth-order valence-corrected chi connectivity index (χ4v) is 3.82. The van der Waals surface area contributed by atoms with Crippen LogP contribution in [0.4, 0.5) is 5.95 Å². The van der Waals surface area contributed by atoms with Crippen molar-refractivity contribution in [3.8, 4) is 0 Å². The van der Waals surface area contributed by atoms with Crippen LogP contribution in [0.25, 0.3) is 0 Å². The fraction of sp³-hybridized carbons (Fsp3) is 0.722. The molecule has 1 saturated heterocycles. The number of hydrogen-bond donors (Lipinski definition) is 1. The molecule has 3 rings (SSSR count). The topological polar surface area (TPSA) is 61.4 Å². The highest BCUT2D eigenvalue weighted by Crippen LogP contribution is 2.31. The smallest absolute Gasteiger partial charge is 0.240 e. The van der Waals surface area contributed by atoms with E-state index in [-0.39, 0.29) is 5.91 Å². The first-order valence-corrected chi connectivity index (χ1v) is 9.03. The first-order chi connectivity index (χ1) is 11.5. The van der Waals surface area contributed by atoms with Crippen LogP contribution in [-0.2, 0) is 11.3 Å². The SMILES string of the molecule is CN(C)c1ncc(CN2CCCC2(C)C(=O)NC2CCCC2)cn1. The van der Waals surface area contributed by atoms with Gasteiger partial charge in [-0.3, -0.25) is 9.69 Å². The van der Waals surface area contributed by atoms with Crippen molar-refractivity contribution in [2.75, 3.05) is 25.5 Å². The van der Waals surface area contributed by atoms with Gasteiger partial charge < -0.3 is 10.2 Å². The van der Waals surface area contributed by atoms with E-state index in [9.17, 15) is 4.79 Å². The van der Waals surface area contributed by atoms with Gasteiger partial charge in [0.1, 0.15) is 0 Å². The zero-order valence-electron chi connectivity index (χ0n) is 15.1. The van der Waals surface area contributed by atoms with Crippen LogP contribution in [0.1, 0.15) is 51.0 Å². The second-order valence-electron chi connectivity index (χ2n) is 7.54. The first-order valence-electron chi connectivity index (χ1n) is 9.03. The average Bonchev–Trinajstić information content (AvgIpc) is 3.19. The molecule has 1 amide bonds. The minimum absolute atomic E-state index is 0.192. The van der Waals surface area contributed by atoms with Crippen LogP contribution in [0, 0.1) is 0 Å². The van der Waals surface area contributed by atoms with Crippen molar-refractivity contribution in [3.05, 3.63) is 18.0 Å². The van der Waals surface area contributed by atoms with Gasteiger partial charge in [0.2, 0.25) is 11.9 Å². The predicted molar refractivity (Wildman–Crippen MR) is 94.8 cm³/mol. The number of rotatable bonds is 5. The van der Waals surface area contributed by atoms with E-state index < -0.39 is 5.54 Å². The molecule has 1 atom stereocenters. The number of carbonyl (C=O) groups excluding carboxylic acids is 1. The molecule has 2 fully saturated rings. The van der Waals surface area contributed by atoms with E-state index in [1.807, 2.05) is 31.4 Å². The molecule has 1 saturated carbocycles. The summed E-state index contributed by atoms with van der Waals surface area (Å²) in [5, 5.41) is 3.28. The monoisotopic (exact) mass is 331 g/mol. The summed E-state index contributed by atoms with van der Waals surface area (Å²) in [5.74, 6) is 0.902. The summed E-state index contributed by atoms with van der Waals surface area (Å²) in [6.45, 7) is 3.76. The van der Waals surface area contributed by atoms with E-state index in [2.05, 4.69) is 27.1 Å². The van der Waals surface area contributed by atoms with Gasteiger partial charge in [-0.15, -0.1) is 0 Å². The average molecular weight is 331 g/mol. The zero-order chi connectivity index (χ0) is 17.2. The molecule has 6 heteroatoms. The molecule has 1 N–H and O–H groups in total. The van der Waals surface area contributed by atoms with Crippen LogP contribution in [-0.4, -0.2) is 53.0 Å². The Kier molecular flexibility index (Phi) is 5.04. The van der Waals surface area contributed by atoms with Gasteiger partial charge >= 0.3 is 0 Å². The molecular weight excluding hydrogens is 302 g/mol. The molecule has 6 nitrogen and oxygen atoms in total. The molecule has 132 valence electrons. The predicted octanol–water partition coefficient (Wildman–Crippen LogP) is 1.96. The van der Waals surface area contributed by atoms with Crippen LogP contribution in [0.2, 0.25) is 0 Å². The molecule has 0 radical (unpaired) electrons. The lowest BCUT2D eigenvalue weighted by Gasteiger charge is -2.34. The number of carbonyl (C=O) groups is 1. The molecule has 1 aromatic heterocycles. The Hall–Kier alpha value is -1.69. The molecule has 1 aromatic rings. The lowest BCUT2D eigenvalue weighted by molar-refractivity contribution is -0.132. The summed E-state index contributed by atoms with van der Waals surface area (Å²) >= 11 is 0. The highest BCUT2D eigenvalue weighted by Gasteiger charge is 2.43. The maximum Gasteiger partial charge on any atom is 0.240 e. The standard InChI is InChI=1S/C18H29N5O/c1-18(16(24)21-15-7-4-5-8-15)9-6-10-23(18)13-14-11-19-17(20-12-14)22(2)3/h11-12,15H,4-10,13H2,1-3H3,(H,21,24). The number of aromatic nitrogens is 2. The number of likely N-dealkylation sites (tertiary alicyclic amines) is 1. The van der Waals surface area contributed by atoms with Gasteiger partial charge in [0.05, 0.1) is 5.54 Å². The molecule has 1 unspecified atom stereocenters. The van der Waals surface area contributed by atoms with Crippen LogP contribution < -0.4 is 10.2 Å². The summed E-state index contributed by atoms with van der Waals surface area (Å²) < 4.78 is 0. The van der Waals surface area contributed by atoms with Crippen LogP contribution in [0.5, 0.6) is 0 Å². The van der Waals surface area contributed by atoms with Crippen molar-refractivity contribution in [1.29, 1.82) is 0 Å². The van der Waals surface area contributed by atoms with Crippen LogP contribution >= 0.6 is 0 Å². The summed E-state index contributed by atoms with van der Waals surface area (Å²) in [5.41, 5.74) is 0.644. The Labute approximate surface area is 144 Å². The number of nitrogens with one attached hydrogen (secondary N) is 1. The Bertz CT molecular complexity index is 567. The summed E-state index contributed by atoms with van der Waals surface area (Å²) in [7, 11) is 3.86. The van der Waals surface area contributed by atoms with Gasteiger partial charge in [-0.05, 0) is 39.2 Å². The second kappa shape index (κ2) is 7.05. The quantitative estimate of drug-likeness (QED) is 0.894. The second-order valence-corrected chi connectivity index (χ2v) is 7.54. The Morgan fingerprint density at radius 1 is 1.29 bits per heavy atom. The third-order valence-electron chi connectivity index (χ3n) is 5.43. The zero-order valence-corrected chi connectivity index (χ0v) is 15.1. The Morgan fingerprint density at radius 3 is 2.58 bits per heavy atom. The van der Waals surface area contributed by atoms with E-state index in [1.165, 1.54) is 12.8 Å². The molecule has 1 aliphatic heterocycles. The largest absolute Gasteiger partial charge is 0.352 e. The van der Waals surface area contributed by atoms with Crippen molar-refractivity contribution >= 4 is 11.9 Å². The number of hydrogen-bond acceptors (Lipinski definition) is 5. The highest BCUT2D eigenvalue weighted by atomic mass is 16.2. The minimum atomic E-state index is -0.414. The third kappa shape index (κ3) is 3.53. The molecule has 0 spiro atoms. The van der Waals surface area contributed by atoms with Gasteiger partial charge in [-0.2, -0.15) is 0 Å². The molecule has 2 heterocycles. The van der Waals surface area contributed by atoms with Gasteiger partial charge in [-0.25, -0.2) is 9.97 Å². The molecule has 0 bridgehead atoms. The van der Waals surface area contributed by atoms with Crippen LogP contribution in [0.3, 0.4) is 0 Å².